The normalized spacial score (nSPS) is 10.9. The number of esters is 1. The molecular formula is C13H12N6O3S2. The Labute approximate surface area is 143 Å². The number of rotatable bonds is 6. The van der Waals surface area contributed by atoms with Gasteiger partial charge in [0.15, 0.2) is 11.3 Å². The number of hydrogen-bond donors (Lipinski definition) is 0. The largest absolute Gasteiger partial charge is 0.460 e. The van der Waals surface area contributed by atoms with Gasteiger partial charge in [-0.25, -0.2) is 24.0 Å². The molecular weight excluding hydrogens is 352 g/mol. The standard InChI is InChI=1S/C13H12N6O3S2/c1-18-13(21)19-8-15-10(11(19)16-17-18)12(20)22-6-7-23-24-9-4-2-3-5-14-9/h2-5,8H,6-7H2,1H3. The molecule has 0 aromatic carbocycles. The monoisotopic (exact) mass is 364 g/mol. The second-order valence-corrected chi connectivity index (χ2v) is 6.93. The number of nitrogens with zero attached hydrogens (tertiary/aromatic N) is 6. The van der Waals surface area contributed by atoms with Crippen molar-refractivity contribution in [1.82, 2.24) is 29.4 Å². The third-order valence-corrected chi connectivity index (χ3v) is 5.10. The molecule has 0 aliphatic rings. The first-order valence-corrected chi connectivity index (χ1v) is 9.13. The molecule has 0 spiro atoms. The molecule has 3 aromatic heterocycles. The molecule has 0 N–H and O–H groups in total. The predicted octanol–water partition coefficient (Wildman–Crippen LogP) is 0.815. The van der Waals surface area contributed by atoms with Gasteiger partial charge in [0, 0.05) is 19.0 Å². The second kappa shape index (κ2) is 7.45. The Kier molecular flexibility index (Phi) is 5.11. The Morgan fingerprint density at radius 2 is 2.21 bits per heavy atom. The summed E-state index contributed by atoms with van der Waals surface area (Å²) >= 11 is 0. The summed E-state index contributed by atoms with van der Waals surface area (Å²) in [6.45, 7) is 0.209. The van der Waals surface area contributed by atoms with Gasteiger partial charge in [-0.05, 0) is 22.9 Å². The molecule has 0 atom stereocenters. The number of fused-ring (bicyclic) bond motifs is 1. The molecule has 3 aromatic rings. The zero-order chi connectivity index (χ0) is 16.9. The van der Waals surface area contributed by atoms with Gasteiger partial charge in [0.05, 0.1) is 0 Å². The predicted molar refractivity (Wildman–Crippen MR) is 88.9 cm³/mol. The van der Waals surface area contributed by atoms with E-state index >= 15 is 0 Å². The Morgan fingerprint density at radius 1 is 1.33 bits per heavy atom. The topological polar surface area (TPSA) is 104 Å². The van der Waals surface area contributed by atoms with Gasteiger partial charge in [0.25, 0.3) is 0 Å². The fraction of sp³-hybridized carbons (Fsp3) is 0.231. The maximum atomic E-state index is 12.0. The highest BCUT2D eigenvalue weighted by atomic mass is 33.1. The van der Waals surface area contributed by atoms with Gasteiger partial charge in [0.1, 0.15) is 18.0 Å². The number of imidazole rings is 1. The first-order chi connectivity index (χ1) is 11.7. The molecule has 0 saturated heterocycles. The quantitative estimate of drug-likeness (QED) is 0.357. The van der Waals surface area contributed by atoms with Crippen molar-refractivity contribution in [3.63, 3.8) is 0 Å². The lowest BCUT2D eigenvalue weighted by Gasteiger charge is -2.03. The number of carbonyl (C=O) groups excluding carboxylic acids is 1. The lowest BCUT2D eigenvalue weighted by atomic mass is 10.4. The highest BCUT2D eigenvalue weighted by Gasteiger charge is 2.18. The summed E-state index contributed by atoms with van der Waals surface area (Å²) in [6, 6.07) is 5.66. The van der Waals surface area contributed by atoms with Crippen molar-refractivity contribution in [2.75, 3.05) is 12.4 Å². The van der Waals surface area contributed by atoms with Gasteiger partial charge in [-0.1, -0.05) is 22.1 Å². The van der Waals surface area contributed by atoms with Gasteiger partial charge in [-0.3, -0.25) is 0 Å². The lowest BCUT2D eigenvalue weighted by molar-refractivity contribution is 0.0526. The van der Waals surface area contributed by atoms with Crippen molar-refractivity contribution in [1.29, 1.82) is 0 Å². The third kappa shape index (κ3) is 3.57. The van der Waals surface area contributed by atoms with E-state index in [-0.39, 0.29) is 17.9 Å². The van der Waals surface area contributed by atoms with Crippen LogP contribution in [0.2, 0.25) is 0 Å². The van der Waals surface area contributed by atoms with Crippen LogP contribution in [0.4, 0.5) is 0 Å². The zero-order valence-electron chi connectivity index (χ0n) is 12.5. The number of ether oxygens (including phenoxy) is 1. The fourth-order valence-electron chi connectivity index (χ4n) is 1.76. The lowest BCUT2D eigenvalue weighted by Crippen LogP contribution is -2.27. The van der Waals surface area contributed by atoms with Crippen LogP contribution in [0.3, 0.4) is 0 Å². The van der Waals surface area contributed by atoms with Gasteiger partial charge in [0.2, 0.25) is 0 Å². The molecule has 0 saturated carbocycles. The SMILES string of the molecule is Cn1nnc2c(C(=O)OCCSSc3ccccn3)ncn2c1=O. The van der Waals surface area contributed by atoms with Crippen LogP contribution in [-0.2, 0) is 11.8 Å². The average Bonchev–Trinajstić information content (AvgIpc) is 3.03. The Morgan fingerprint density at radius 3 is 3.00 bits per heavy atom. The molecule has 124 valence electrons. The minimum absolute atomic E-state index is 0.0254. The Hall–Kier alpha value is -2.40. The van der Waals surface area contributed by atoms with E-state index in [0.29, 0.717) is 5.75 Å². The van der Waals surface area contributed by atoms with Crippen molar-refractivity contribution in [3.8, 4) is 0 Å². The summed E-state index contributed by atoms with van der Waals surface area (Å²) in [5, 5.41) is 8.33. The van der Waals surface area contributed by atoms with Crippen molar-refractivity contribution in [3.05, 3.63) is 46.9 Å². The van der Waals surface area contributed by atoms with E-state index in [1.165, 1.54) is 35.0 Å². The maximum absolute atomic E-state index is 12.0. The highest BCUT2D eigenvalue weighted by Crippen LogP contribution is 2.28. The van der Waals surface area contributed by atoms with Gasteiger partial charge < -0.3 is 4.74 Å². The molecule has 11 heteroatoms. The van der Waals surface area contributed by atoms with E-state index in [2.05, 4.69) is 20.3 Å². The average molecular weight is 364 g/mol. The molecule has 3 heterocycles. The smallest absolute Gasteiger partial charge is 0.361 e. The van der Waals surface area contributed by atoms with E-state index < -0.39 is 11.7 Å². The molecule has 9 nitrogen and oxygen atoms in total. The van der Waals surface area contributed by atoms with E-state index in [1.54, 1.807) is 6.20 Å². The Balaban J connectivity index is 1.54. The van der Waals surface area contributed by atoms with Crippen LogP contribution >= 0.6 is 21.6 Å². The van der Waals surface area contributed by atoms with Crippen molar-refractivity contribution in [2.24, 2.45) is 7.05 Å². The fourth-order valence-corrected chi connectivity index (χ4v) is 3.47. The number of aryl methyl sites for hydroxylation is 1. The molecule has 0 aliphatic heterocycles. The third-order valence-electron chi connectivity index (χ3n) is 2.87. The van der Waals surface area contributed by atoms with E-state index in [0.717, 1.165) is 14.1 Å². The van der Waals surface area contributed by atoms with Crippen LogP contribution in [0.5, 0.6) is 0 Å². The first kappa shape index (κ1) is 16.5. The van der Waals surface area contributed by atoms with E-state index in [4.69, 9.17) is 4.74 Å². The molecule has 0 radical (unpaired) electrons. The van der Waals surface area contributed by atoms with Crippen LogP contribution in [0, 0.1) is 0 Å². The highest BCUT2D eigenvalue weighted by molar-refractivity contribution is 8.76. The van der Waals surface area contributed by atoms with Crippen LogP contribution < -0.4 is 5.69 Å². The molecule has 0 fully saturated rings. The van der Waals surface area contributed by atoms with Crippen molar-refractivity contribution < 1.29 is 9.53 Å². The van der Waals surface area contributed by atoms with Gasteiger partial charge in [-0.15, -0.1) is 5.10 Å². The molecule has 24 heavy (non-hydrogen) atoms. The summed E-state index contributed by atoms with van der Waals surface area (Å²) in [7, 11) is 4.49. The van der Waals surface area contributed by atoms with Crippen molar-refractivity contribution >= 4 is 33.2 Å². The maximum Gasteiger partial charge on any atom is 0.361 e. The van der Waals surface area contributed by atoms with Crippen LogP contribution in [0.15, 0.2) is 40.5 Å². The van der Waals surface area contributed by atoms with E-state index in [1.807, 2.05) is 18.2 Å². The number of pyridine rings is 1. The van der Waals surface area contributed by atoms with Crippen LogP contribution in [0.25, 0.3) is 5.65 Å². The van der Waals surface area contributed by atoms with E-state index in [9.17, 15) is 9.59 Å². The van der Waals surface area contributed by atoms with Crippen LogP contribution in [-0.4, -0.2) is 47.7 Å². The summed E-state index contributed by atoms with van der Waals surface area (Å²) < 4.78 is 7.36. The molecule has 0 bridgehead atoms. The van der Waals surface area contributed by atoms with Crippen molar-refractivity contribution in [2.45, 2.75) is 5.03 Å². The summed E-state index contributed by atoms with van der Waals surface area (Å²) in [5.74, 6) is -0.0462. The van der Waals surface area contributed by atoms with Crippen LogP contribution in [0.1, 0.15) is 10.5 Å². The second-order valence-electron chi connectivity index (χ2n) is 4.49. The summed E-state index contributed by atoms with van der Waals surface area (Å²) in [5.41, 5.74) is -0.380. The van der Waals surface area contributed by atoms with Gasteiger partial charge >= 0.3 is 11.7 Å². The van der Waals surface area contributed by atoms with Gasteiger partial charge in [-0.2, -0.15) is 4.68 Å². The minimum atomic E-state index is -0.636. The zero-order valence-corrected chi connectivity index (χ0v) is 14.2. The first-order valence-electron chi connectivity index (χ1n) is 6.81. The Bertz CT molecular complexity index is 911. The number of carbonyl (C=O) groups is 1. The summed E-state index contributed by atoms with van der Waals surface area (Å²) in [4.78, 5) is 31.9. The number of hydrogen-bond acceptors (Lipinski definition) is 9. The molecule has 0 amide bonds. The summed E-state index contributed by atoms with van der Waals surface area (Å²) in [6.07, 6.45) is 2.95. The molecule has 3 rings (SSSR count). The molecule has 0 aliphatic carbocycles. The molecule has 0 unspecified atom stereocenters. The number of aromatic nitrogens is 6. The minimum Gasteiger partial charge on any atom is -0.460 e.